The lowest BCUT2D eigenvalue weighted by molar-refractivity contribution is 0.112. The molecule has 0 radical (unpaired) electrons. The number of methoxy groups -OCH3 is 1. The van der Waals surface area contributed by atoms with Crippen LogP contribution in [0.2, 0.25) is 0 Å². The van der Waals surface area contributed by atoms with Crippen LogP contribution in [0.3, 0.4) is 0 Å². The van der Waals surface area contributed by atoms with E-state index in [0.717, 1.165) is 49.2 Å². The number of nitrogens with zero attached hydrogens (tertiary/aromatic N) is 3. The molecule has 0 atom stereocenters. The monoisotopic (exact) mass is 295 g/mol. The van der Waals surface area contributed by atoms with Crippen LogP contribution in [0.25, 0.3) is 0 Å². The first-order valence-electron chi connectivity index (χ1n) is 7.21. The largest absolute Gasteiger partial charge is 0.378 e. The summed E-state index contributed by atoms with van der Waals surface area (Å²) in [6.45, 7) is 5.89. The number of thiazole rings is 1. The van der Waals surface area contributed by atoms with Crippen molar-refractivity contribution in [2.45, 2.75) is 19.4 Å². The van der Waals surface area contributed by atoms with E-state index < -0.39 is 0 Å². The van der Waals surface area contributed by atoms with Crippen LogP contribution >= 0.6 is 11.3 Å². The molecule has 1 saturated heterocycles. The van der Waals surface area contributed by atoms with Crippen molar-refractivity contribution in [1.82, 2.24) is 9.88 Å². The second-order valence-electron chi connectivity index (χ2n) is 5.59. The van der Waals surface area contributed by atoms with Crippen molar-refractivity contribution in [3.63, 3.8) is 0 Å². The van der Waals surface area contributed by atoms with Crippen LogP contribution in [0, 0.1) is 5.92 Å². The topological polar surface area (TPSA) is 45.7 Å². The summed E-state index contributed by atoms with van der Waals surface area (Å²) in [5, 5.41) is 0.963. The van der Waals surface area contributed by atoms with Gasteiger partial charge >= 0.3 is 0 Å². The third-order valence-electron chi connectivity index (χ3n) is 3.96. The number of hydrogen-bond donors (Lipinski definition) is 0. The normalized spacial score (nSPS) is 20.4. The lowest BCUT2D eigenvalue weighted by atomic mass is 10.3. The molecule has 1 aromatic rings. The number of aldehydes is 1. The molecule has 2 heterocycles. The number of piperazine rings is 1. The Bertz CT molecular complexity index is 465. The molecule has 3 rings (SSSR count). The number of hydrogen-bond acceptors (Lipinski definition) is 6. The van der Waals surface area contributed by atoms with Crippen LogP contribution < -0.4 is 4.90 Å². The van der Waals surface area contributed by atoms with Gasteiger partial charge in [0, 0.05) is 39.8 Å². The average molecular weight is 295 g/mol. The third kappa shape index (κ3) is 3.19. The van der Waals surface area contributed by atoms with E-state index in [9.17, 15) is 4.79 Å². The highest BCUT2D eigenvalue weighted by molar-refractivity contribution is 7.17. The van der Waals surface area contributed by atoms with Crippen LogP contribution in [0.4, 0.5) is 5.13 Å². The van der Waals surface area contributed by atoms with Gasteiger partial charge in [-0.2, -0.15) is 0 Å². The molecule has 2 aliphatic rings. The van der Waals surface area contributed by atoms with Gasteiger partial charge in [0.25, 0.3) is 0 Å². The lowest BCUT2D eigenvalue weighted by Gasteiger charge is -2.34. The minimum atomic E-state index is 0.409. The van der Waals surface area contributed by atoms with E-state index in [2.05, 4.69) is 14.8 Å². The van der Waals surface area contributed by atoms with Crippen molar-refractivity contribution in [2.75, 3.05) is 44.7 Å². The number of aromatic nitrogens is 1. The second kappa shape index (κ2) is 6.20. The Labute approximate surface area is 123 Å². The molecular weight excluding hydrogens is 274 g/mol. The van der Waals surface area contributed by atoms with E-state index in [1.807, 2.05) is 0 Å². The maximum atomic E-state index is 11.1. The van der Waals surface area contributed by atoms with Crippen molar-refractivity contribution >= 4 is 22.8 Å². The van der Waals surface area contributed by atoms with E-state index in [1.54, 1.807) is 7.11 Å². The van der Waals surface area contributed by atoms with E-state index in [4.69, 9.17) is 4.74 Å². The zero-order chi connectivity index (χ0) is 13.9. The van der Waals surface area contributed by atoms with Crippen molar-refractivity contribution in [3.05, 3.63) is 10.6 Å². The Morgan fingerprint density at radius 3 is 2.70 bits per heavy atom. The summed E-state index contributed by atoms with van der Waals surface area (Å²) in [5.74, 6) is 0.955. The van der Waals surface area contributed by atoms with Gasteiger partial charge in [0.1, 0.15) is 0 Å². The highest BCUT2D eigenvalue weighted by Crippen LogP contribution is 2.31. The summed E-state index contributed by atoms with van der Waals surface area (Å²) >= 11 is 1.48. The first-order valence-corrected chi connectivity index (χ1v) is 8.03. The first-order chi connectivity index (χ1) is 9.80. The maximum absolute atomic E-state index is 11.1. The Kier molecular flexibility index (Phi) is 4.33. The van der Waals surface area contributed by atoms with Crippen molar-refractivity contribution in [3.8, 4) is 0 Å². The average Bonchev–Trinajstić information content (AvgIpc) is 3.18. The molecule has 0 spiro atoms. The van der Waals surface area contributed by atoms with Gasteiger partial charge in [-0.3, -0.25) is 9.69 Å². The van der Waals surface area contributed by atoms with Crippen LogP contribution in [-0.4, -0.2) is 56.0 Å². The van der Waals surface area contributed by atoms with E-state index in [-0.39, 0.29) is 0 Å². The quantitative estimate of drug-likeness (QED) is 0.747. The second-order valence-corrected chi connectivity index (χ2v) is 6.60. The van der Waals surface area contributed by atoms with Crippen molar-refractivity contribution in [1.29, 1.82) is 0 Å². The number of carbonyl (C=O) groups is 1. The van der Waals surface area contributed by atoms with E-state index in [1.165, 1.54) is 30.7 Å². The Balaban J connectivity index is 1.60. The molecule has 6 heteroatoms. The van der Waals surface area contributed by atoms with E-state index >= 15 is 0 Å². The molecule has 1 aromatic heterocycles. The molecule has 1 aliphatic heterocycles. The molecule has 1 aliphatic carbocycles. The van der Waals surface area contributed by atoms with Crippen LogP contribution in [0.1, 0.15) is 28.2 Å². The molecule has 0 unspecified atom stereocenters. The van der Waals surface area contributed by atoms with Gasteiger partial charge in [0.2, 0.25) is 0 Å². The summed E-state index contributed by atoms with van der Waals surface area (Å²) in [4.78, 5) is 21.2. The molecule has 0 bridgehead atoms. The molecular formula is C14H21N3O2S. The summed E-state index contributed by atoms with van der Waals surface area (Å²) in [5.41, 5.74) is 0.767. The minimum absolute atomic E-state index is 0.409. The molecule has 2 fully saturated rings. The maximum Gasteiger partial charge on any atom is 0.186 e. The van der Waals surface area contributed by atoms with Gasteiger partial charge in [-0.1, -0.05) is 11.3 Å². The fourth-order valence-electron chi connectivity index (χ4n) is 2.61. The Morgan fingerprint density at radius 1 is 1.35 bits per heavy atom. The Hall–Kier alpha value is -0.980. The van der Waals surface area contributed by atoms with Crippen molar-refractivity contribution < 1.29 is 9.53 Å². The summed E-state index contributed by atoms with van der Waals surface area (Å²) in [6, 6.07) is 0. The highest BCUT2D eigenvalue weighted by Gasteiger charge is 2.27. The van der Waals surface area contributed by atoms with Gasteiger partial charge in [-0.05, 0) is 18.8 Å². The zero-order valence-corrected chi connectivity index (χ0v) is 12.7. The van der Waals surface area contributed by atoms with Crippen LogP contribution in [-0.2, 0) is 11.3 Å². The van der Waals surface area contributed by atoms with Gasteiger partial charge in [-0.15, -0.1) is 0 Å². The van der Waals surface area contributed by atoms with Gasteiger partial charge < -0.3 is 9.64 Å². The molecule has 0 aromatic carbocycles. The Morgan fingerprint density at radius 2 is 2.10 bits per heavy atom. The number of anilines is 1. The van der Waals surface area contributed by atoms with Crippen LogP contribution in [0.15, 0.2) is 0 Å². The minimum Gasteiger partial charge on any atom is -0.378 e. The van der Waals surface area contributed by atoms with Crippen LogP contribution in [0.5, 0.6) is 0 Å². The lowest BCUT2D eigenvalue weighted by Crippen LogP contribution is -2.47. The summed E-state index contributed by atoms with van der Waals surface area (Å²) < 4.78 is 5.10. The first kappa shape index (κ1) is 14.0. The summed E-state index contributed by atoms with van der Waals surface area (Å²) in [6.07, 6.45) is 3.71. The predicted molar refractivity (Wildman–Crippen MR) is 79.6 cm³/mol. The standard InChI is InChI=1S/C14H21N3O2S/c1-19-10-12-13(9-18)20-14(15-12)17-6-4-16(5-7-17)8-11-2-3-11/h9,11H,2-8,10H2,1H3. The van der Waals surface area contributed by atoms with Crippen molar-refractivity contribution in [2.24, 2.45) is 5.92 Å². The third-order valence-corrected chi connectivity index (χ3v) is 5.04. The molecule has 20 heavy (non-hydrogen) atoms. The highest BCUT2D eigenvalue weighted by atomic mass is 32.1. The smallest absolute Gasteiger partial charge is 0.186 e. The molecule has 110 valence electrons. The molecule has 0 amide bonds. The van der Waals surface area contributed by atoms with Gasteiger partial charge in [0.05, 0.1) is 17.2 Å². The molecule has 5 nitrogen and oxygen atoms in total. The number of ether oxygens (including phenoxy) is 1. The van der Waals surface area contributed by atoms with Gasteiger partial charge in [-0.25, -0.2) is 4.98 Å². The molecule has 1 saturated carbocycles. The molecule has 0 N–H and O–H groups in total. The fraction of sp³-hybridized carbons (Fsp3) is 0.714. The zero-order valence-electron chi connectivity index (χ0n) is 11.9. The van der Waals surface area contributed by atoms with Gasteiger partial charge in [0.15, 0.2) is 11.4 Å². The fourth-order valence-corrected chi connectivity index (χ4v) is 3.54. The predicted octanol–water partition coefficient (Wildman–Crippen LogP) is 1.63. The number of rotatable bonds is 6. The SMILES string of the molecule is COCc1nc(N2CCN(CC3CC3)CC2)sc1C=O. The summed E-state index contributed by atoms with van der Waals surface area (Å²) in [7, 11) is 1.63. The van der Waals surface area contributed by atoms with E-state index in [0.29, 0.717) is 11.5 Å². The number of carbonyl (C=O) groups excluding carboxylic acids is 1.